The minimum absolute atomic E-state index is 0.0845. The number of anilines is 4. The highest BCUT2D eigenvalue weighted by atomic mass is 16.6. The Balaban J connectivity index is 2.11. The summed E-state index contributed by atoms with van der Waals surface area (Å²) in [7, 11) is 8.71. The molecule has 0 saturated heterocycles. The number of benzene rings is 2. The van der Waals surface area contributed by atoms with Crippen molar-refractivity contribution in [2.24, 2.45) is 0 Å². The molecular formula is C29H38N8O4. The van der Waals surface area contributed by atoms with Gasteiger partial charge in [-0.25, -0.2) is 14.8 Å². The second kappa shape index (κ2) is 14.1. The molecule has 218 valence electrons. The minimum atomic E-state index is -0.422. The van der Waals surface area contributed by atoms with Crippen LogP contribution in [0, 0.1) is 10.1 Å². The number of aromatic nitrogens is 2. The van der Waals surface area contributed by atoms with Gasteiger partial charge in [0.2, 0.25) is 5.95 Å². The molecule has 3 N–H and O–H groups in total. The second-order valence-electron chi connectivity index (χ2n) is 9.52. The van der Waals surface area contributed by atoms with E-state index in [0.717, 1.165) is 29.7 Å². The van der Waals surface area contributed by atoms with Crippen molar-refractivity contribution >= 4 is 40.3 Å². The number of carbonyl (C=O) groups excluding carboxylic acids is 1. The Morgan fingerprint density at radius 3 is 2.49 bits per heavy atom. The molecule has 12 nitrogen and oxygen atoms in total. The predicted octanol–water partition coefficient (Wildman–Crippen LogP) is 4.90. The quantitative estimate of drug-likeness (QED) is 0.208. The number of likely N-dealkylation sites (N-methyl/N-ethyl adjacent to an activating group) is 2. The van der Waals surface area contributed by atoms with Gasteiger partial charge in [0.15, 0.2) is 0 Å². The van der Waals surface area contributed by atoms with Crippen LogP contribution in [0.5, 0.6) is 5.75 Å². The fraction of sp³-hybridized carbons (Fsp3) is 0.345. The van der Waals surface area contributed by atoms with Gasteiger partial charge in [0, 0.05) is 44.9 Å². The van der Waals surface area contributed by atoms with Gasteiger partial charge in [0.25, 0.3) is 5.69 Å². The molecule has 2 amide bonds. The van der Waals surface area contributed by atoms with Crippen LogP contribution in [0.2, 0.25) is 0 Å². The zero-order chi connectivity index (χ0) is 30.1. The summed E-state index contributed by atoms with van der Waals surface area (Å²) in [5.41, 5.74) is 4.46. The number of carbonyl (C=O) groups is 1. The number of methoxy groups -OCH3 is 1. The van der Waals surface area contributed by atoms with Crippen LogP contribution in [0.25, 0.3) is 5.57 Å². The molecule has 3 rings (SSSR count). The van der Waals surface area contributed by atoms with Crippen molar-refractivity contribution in [1.82, 2.24) is 20.2 Å². The van der Waals surface area contributed by atoms with Crippen LogP contribution in [-0.4, -0.2) is 74.2 Å². The van der Waals surface area contributed by atoms with Gasteiger partial charge in [-0.1, -0.05) is 37.3 Å². The van der Waals surface area contributed by atoms with Crippen LogP contribution < -0.4 is 25.6 Å². The van der Waals surface area contributed by atoms with Crippen molar-refractivity contribution in [1.29, 1.82) is 0 Å². The summed E-state index contributed by atoms with van der Waals surface area (Å²) in [4.78, 5) is 36.9. The lowest BCUT2D eigenvalue weighted by atomic mass is 9.95. The number of hydrogen-bond donors (Lipinski definition) is 3. The van der Waals surface area contributed by atoms with Gasteiger partial charge in [-0.05, 0) is 38.6 Å². The molecule has 0 aliphatic heterocycles. The first-order valence-corrected chi connectivity index (χ1v) is 13.2. The number of amides is 2. The van der Waals surface area contributed by atoms with Crippen LogP contribution in [-0.2, 0) is 6.42 Å². The molecule has 0 unspecified atom stereocenters. The first kappa shape index (κ1) is 30.8. The monoisotopic (exact) mass is 562 g/mol. The molecule has 1 heterocycles. The van der Waals surface area contributed by atoms with Crippen LogP contribution >= 0.6 is 0 Å². The molecular weight excluding hydrogens is 524 g/mol. The minimum Gasteiger partial charge on any atom is -0.494 e. The van der Waals surface area contributed by atoms with Gasteiger partial charge in [0.05, 0.1) is 35.3 Å². The number of ether oxygens (including phenoxy) is 1. The van der Waals surface area contributed by atoms with Crippen LogP contribution in [0.4, 0.5) is 33.5 Å². The van der Waals surface area contributed by atoms with Crippen molar-refractivity contribution in [3.8, 4) is 5.75 Å². The summed E-state index contributed by atoms with van der Waals surface area (Å²) >= 11 is 0. The fourth-order valence-electron chi connectivity index (χ4n) is 4.30. The van der Waals surface area contributed by atoms with Gasteiger partial charge in [0.1, 0.15) is 11.4 Å². The smallest absolute Gasteiger partial charge is 0.319 e. The van der Waals surface area contributed by atoms with Crippen LogP contribution in [0.15, 0.2) is 48.7 Å². The van der Waals surface area contributed by atoms with Crippen LogP contribution in [0.3, 0.4) is 0 Å². The van der Waals surface area contributed by atoms with E-state index in [4.69, 9.17) is 9.72 Å². The topological polar surface area (TPSA) is 138 Å². The second-order valence-corrected chi connectivity index (χ2v) is 9.52. The zero-order valence-electron chi connectivity index (χ0n) is 24.6. The van der Waals surface area contributed by atoms with E-state index in [-0.39, 0.29) is 11.6 Å². The van der Waals surface area contributed by atoms with E-state index >= 15 is 0 Å². The molecule has 1 aromatic heterocycles. The summed E-state index contributed by atoms with van der Waals surface area (Å²) in [5, 5.41) is 20.5. The number of nitrogens with one attached hydrogen (secondary N) is 3. The first-order valence-electron chi connectivity index (χ1n) is 13.2. The van der Waals surface area contributed by atoms with Crippen molar-refractivity contribution in [3.63, 3.8) is 0 Å². The van der Waals surface area contributed by atoms with E-state index in [1.165, 1.54) is 26.4 Å². The van der Waals surface area contributed by atoms with Gasteiger partial charge >= 0.3 is 6.03 Å². The van der Waals surface area contributed by atoms with E-state index in [1.54, 1.807) is 13.1 Å². The Morgan fingerprint density at radius 2 is 1.88 bits per heavy atom. The molecule has 0 radical (unpaired) electrons. The van der Waals surface area contributed by atoms with E-state index < -0.39 is 11.0 Å². The molecule has 0 aliphatic carbocycles. The van der Waals surface area contributed by atoms with Crippen LogP contribution in [0.1, 0.15) is 30.7 Å². The average Bonchev–Trinajstić information content (AvgIpc) is 2.97. The first-order chi connectivity index (χ1) is 19.6. The number of aryl methyl sites for hydroxylation is 1. The van der Waals surface area contributed by atoms with Gasteiger partial charge in [-0.3, -0.25) is 10.1 Å². The average molecular weight is 563 g/mol. The number of nitrogens with zero attached hydrogens (tertiary/aromatic N) is 5. The lowest BCUT2D eigenvalue weighted by Gasteiger charge is -2.23. The third kappa shape index (κ3) is 7.48. The van der Waals surface area contributed by atoms with Gasteiger partial charge in [-0.15, -0.1) is 0 Å². The van der Waals surface area contributed by atoms with Crippen molar-refractivity contribution < 1.29 is 14.5 Å². The molecule has 0 atom stereocenters. The maximum absolute atomic E-state index is 12.2. The zero-order valence-corrected chi connectivity index (χ0v) is 24.6. The molecule has 3 aromatic rings. The summed E-state index contributed by atoms with van der Waals surface area (Å²) in [6.07, 6.45) is 4.24. The lowest BCUT2D eigenvalue weighted by molar-refractivity contribution is -0.384. The maximum atomic E-state index is 12.2. The number of nitro groups is 1. The normalized spacial score (nSPS) is 11.3. The Kier molecular flexibility index (Phi) is 10.6. The molecule has 0 bridgehead atoms. The third-order valence-electron chi connectivity index (χ3n) is 6.53. The Hall–Kier alpha value is -4.71. The van der Waals surface area contributed by atoms with Crippen molar-refractivity contribution in [2.75, 3.05) is 63.9 Å². The van der Waals surface area contributed by atoms with E-state index in [2.05, 4.69) is 27.9 Å². The van der Waals surface area contributed by atoms with Crippen molar-refractivity contribution in [2.45, 2.75) is 20.3 Å². The lowest BCUT2D eigenvalue weighted by Crippen LogP contribution is -2.29. The SMILES string of the molecule is C/C=C(\c1ccccc1CC)c1nc(Nc2cc([N+](=O)[O-])c(N(C)CCN(C)C)cc2OC)ncc1NC(=O)NC. The van der Waals surface area contributed by atoms with E-state index in [0.29, 0.717) is 35.1 Å². The van der Waals surface area contributed by atoms with Gasteiger partial charge < -0.3 is 30.5 Å². The maximum Gasteiger partial charge on any atom is 0.319 e. The van der Waals surface area contributed by atoms with Crippen molar-refractivity contribution in [3.05, 3.63) is 75.6 Å². The molecule has 0 saturated carbocycles. The standard InChI is InChI=1S/C29H38N8O4/c1-8-19-12-10-11-13-21(19)20(9-2)27-23(33-29(38)30-3)18-31-28(34-27)32-22-16-25(37(39)40)24(17-26(22)41-7)36(6)15-14-35(4)5/h9-13,16-18H,8,14-15H2,1-7H3,(H2,30,33,38)(H,31,32,34)/b20-9+. The Morgan fingerprint density at radius 1 is 1.15 bits per heavy atom. The largest absolute Gasteiger partial charge is 0.494 e. The molecule has 2 aromatic carbocycles. The van der Waals surface area contributed by atoms with Gasteiger partial charge in [-0.2, -0.15) is 0 Å². The number of allylic oxidation sites excluding steroid dienone is 1. The predicted molar refractivity (Wildman–Crippen MR) is 163 cm³/mol. The highest BCUT2D eigenvalue weighted by Crippen LogP contribution is 2.39. The highest BCUT2D eigenvalue weighted by molar-refractivity contribution is 5.94. The molecule has 0 spiro atoms. The Bertz CT molecular complexity index is 1420. The Labute approximate surface area is 240 Å². The summed E-state index contributed by atoms with van der Waals surface area (Å²) in [5.74, 6) is 0.569. The number of nitro benzene ring substituents is 1. The summed E-state index contributed by atoms with van der Waals surface area (Å²) in [6, 6.07) is 10.6. The molecule has 41 heavy (non-hydrogen) atoms. The molecule has 0 aliphatic rings. The molecule has 0 fully saturated rings. The molecule has 12 heteroatoms. The van der Waals surface area contributed by atoms with E-state index in [9.17, 15) is 14.9 Å². The summed E-state index contributed by atoms with van der Waals surface area (Å²) < 4.78 is 5.60. The highest BCUT2D eigenvalue weighted by Gasteiger charge is 2.23. The van der Waals surface area contributed by atoms with E-state index in [1.807, 2.05) is 61.2 Å². The summed E-state index contributed by atoms with van der Waals surface area (Å²) in [6.45, 7) is 5.28. The third-order valence-corrected chi connectivity index (χ3v) is 6.53. The fourth-order valence-corrected chi connectivity index (χ4v) is 4.30. The number of urea groups is 1. The number of hydrogen-bond acceptors (Lipinski definition) is 9. The number of rotatable bonds is 12.